The molecule has 0 saturated carbocycles. The van der Waals surface area contributed by atoms with Gasteiger partial charge in [-0.15, -0.1) is 0 Å². The number of hydrogen-bond acceptors (Lipinski definition) is 3. The van der Waals surface area contributed by atoms with Gasteiger partial charge in [0.25, 0.3) is 0 Å². The van der Waals surface area contributed by atoms with Crippen LogP contribution in [0.5, 0.6) is 0 Å². The summed E-state index contributed by atoms with van der Waals surface area (Å²) in [4.78, 5) is 28.6. The highest BCUT2D eigenvalue weighted by Crippen LogP contribution is 2.30. The highest BCUT2D eigenvalue weighted by Gasteiger charge is 2.38. The van der Waals surface area contributed by atoms with Crippen molar-refractivity contribution >= 4 is 28.5 Å². The molecule has 2 aromatic carbocycles. The first-order valence-electron chi connectivity index (χ1n) is 8.66. The first-order chi connectivity index (χ1) is 12.6. The van der Waals surface area contributed by atoms with E-state index in [9.17, 15) is 9.59 Å². The van der Waals surface area contributed by atoms with E-state index in [-0.39, 0.29) is 24.2 Å². The summed E-state index contributed by atoms with van der Waals surface area (Å²) in [5.41, 5.74) is 1.95. The highest BCUT2D eigenvalue weighted by atomic mass is 16.2. The maximum absolute atomic E-state index is 12.8. The molecule has 0 spiro atoms. The summed E-state index contributed by atoms with van der Waals surface area (Å²) in [6.07, 6.45) is 0.221. The summed E-state index contributed by atoms with van der Waals surface area (Å²) < 4.78 is 0. The summed E-state index contributed by atoms with van der Waals surface area (Å²) >= 11 is 0. The monoisotopic (exact) mass is 348 g/mol. The number of rotatable bonds is 4. The lowest BCUT2D eigenvalue weighted by Crippen LogP contribution is -2.34. The topological polar surface area (TPSA) is 69.3 Å². The normalized spacial score (nSPS) is 17.0. The van der Waals surface area contributed by atoms with Gasteiger partial charge in [0, 0.05) is 31.9 Å². The second kappa shape index (κ2) is 6.63. The number of para-hydroxylation sites is 1. The van der Waals surface area contributed by atoms with E-state index in [1.165, 1.54) is 0 Å². The van der Waals surface area contributed by atoms with Crippen molar-refractivity contribution in [2.24, 2.45) is 5.92 Å². The Morgan fingerprint density at radius 2 is 1.92 bits per heavy atom. The number of carbonyl (C=O) groups excluding carboxylic acids is 2. The first-order valence-corrected chi connectivity index (χ1v) is 8.66. The van der Waals surface area contributed by atoms with Gasteiger partial charge in [-0.2, -0.15) is 5.10 Å². The molecule has 1 N–H and O–H groups in total. The Hall–Kier alpha value is -3.15. The van der Waals surface area contributed by atoms with Gasteiger partial charge in [-0.3, -0.25) is 19.6 Å². The van der Waals surface area contributed by atoms with Crippen LogP contribution in [0.3, 0.4) is 0 Å². The van der Waals surface area contributed by atoms with Crippen LogP contribution in [0.1, 0.15) is 12.0 Å². The summed E-state index contributed by atoms with van der Waals surface area (Å²) in [5, 5.41) is 8.13. The van der Waals surface area contributed by atoms with Gasteiger partial charge in [-0.1, -0.05) is 42.5 Å². The van der Waals surface area contributed by atoms with Crippen molar-refractivity contribution in [3.8, 4) is 0 Å². The number of nitrogens with one attached hydrogen (secondary N) is 1. The fraction of sp³-hybridized carbons (Fsp3) is 0.250. The fourth-order valence-corrected chi connectivity index (χ4v) is 3.48. The van der Waals surface area contributed by atoms with Gasteiger partial charge in [-0.25, -0.2) is 0 Å². The molecule has 0 aliphatic carbocycles. The Morgan fingerprint density at radius 3 is 2.73 bits per heavy atom. The van der Waals surface area contributed by atoms with Gasteiger partial charge >= 0.3 is 0 Å². The van der Waals surface area contributed by atoms with E-state index in [1.54, 1.807) is 16.8 Å². The summed E-state index contributed by atoms with van der Waals surface area (Å²) in [6.45, 7) is 0.904. The number of aromatic nitrogens is 2. The second-order valence-corrected chi connectivity index (χ2v) is 6.68. The van der Waals surface area contributed by atoms with E-state index in [0.29, 0.717) is 18.9 Å². The van der Waals surface area contributed by atoms with Crippen molar-refractivity contribution < 1.29 is 9.59 Å². The van der Waals surface area contributed by atoms with Crippen LogP contribution in [-0.2, 0) is 16.1 Å². The predicted octanol–water partition coefficient (Wildman–Crippen LogP) is 2.57. The van der Waals surface area contributed by atoms with Crippen molar-refractivity contribution in [2.45, 2.75) is 13.0 Å². The zero-order valence-corrected chi connectivity index (χ0v) is 14.6. The Bertz CT molecular complexity index is 951. The number of aromatic amines is 1. The number of carbonyl (C=O) groups is 2. The Kier molecular flexibility index (Phi) is 4.16. The molecule has 6 nitrogen and oxygen atoms in total. The second-order valence-electron chi connectivity index (χ2n) is 6.68. The van der Waals surface area contributed by atoms with E-state index < -0.39 is 0 Å². The molecule has 0 radical (unpaired) electrons. The van der Waals surface area contributed by atoms with Crippen molar-refractivity contribution in [1.82, 2.24) is 15.1 Å². The number of nitrogens with zero attached hydrogens (tertiary/aromatic N) is 3. The van der Waals surface area contributed by atoms with E-state index in [1.807, 2.05) is 54.6 Å². The standard InChI is InChI=1S/C20H20N4O2/c1-23(12-14-7-3-2-4-8-14)20(26)15-11-18(25)24(13-15)19-16-9-5-6-10-17(16)21-22-19/h2-10,15H,11-13H2,1H3,(H,21,22)/t15-/m0/s1. The number of anilines is 1. The molecule has 6 heteroatoms. The number of benzene rings is 2. The minimum absolute atomic E-state index is 0.00968. The third-order valence-corrected chi connectivity index (χ3v) is 4.82. The van der Waals surface area contributed by atoms with E-state index >= 15 is 0 Å². The van der Waals surface area contributed by atoms with Crippen LogP contribution in [0.4, 0.5) is 5.82 Å². The molecule has 132 valence electrons. The van der Waals surface area contributed by atoms with Crippen LogP contribution in [0.25, 0.3) is 10.9 Å². The molecule has 26 heavy (non-hydrogen) atoms. The summed E-state index contributed by atoms with van der Waals surface area (Å²) in [7, 11) is 1.78. The van der Waals surface area contributed by atoms with Crippen LogP contribution >= 0.6 is 0 Å². The maximum Gasteiger partial charge on any atom is 0.229 e. The molecule has 2 amide bonds. The van der Waals surface area contributed by atoms with Crippen molar-refractivity contribution in [3.63, 3.8) is 0 Å². The maximum atomic E-state index is 12.8. The number of H-pyrrole nitrogens is 1. The molecule has 1 aromatic heterocycles. The van der Waals surface area contributed by atoms with E-state index in [0.717, 1.165) is 16.5 Å². The average molecular weight is 348 g/mol. The van der Waals surface area contributed by atoms with Crippen molar-refractivity contribution in [3.05, 3.63) is 60.2 Å². The first kappa shape index (κ1) is 16.3. The number of fused-ring (bicyclic) bond motifs is 1. The molecule has 1 aliphatic rings. The van der Waals surface area contributed by atoms with Gasteiger partial charge in [0.2, 0.25) is 11.8 Å². The smallest absolute Gasteiger partial charge is 0.229 e. The Balaban J connectivity index is 1.49. The number of hydrogen-bond donors (Lipinski definition) is 1. The van der Waals surface area contributed by atoms with E-state index in [2.05, 4.69) is 10.2 Å². The van der Waals surface area contributed by atoms with Gasteiger partial charge in [-0.05, 0) is 17.7 Å². The largest absolute Gasteiger partial charge is 0.341 e. The third kappa shape index (κ3) is 2.94. The van der Waals surface area contributed by atoms with Crippen LogP contribution in [0, 0.1) is 5.92 Å². The van der Waals surface area contributed by atoms with Crippen LogP contribution < -0.4 is 4.90 Å². The summed E-state index contributed by atoms with van der Waals surface area (Å²) in [5.74, 6) is 0.191. The molecular formula is C20H20N4O2. The zero-order chi connectivity index (χ0) is 18.1. The molecule has 2 heterocycles. The van der Waals surface area contributed by atoms with Crippen LogP contribution in [-0.4, -0.2) is 40.5 Å². The van der Waals surface area contributed by atoms with Crippen molar-refractivity contribution in [1.29, 1.82) is 0 Å². The van der Waals surface area contributed by atoms with E-state index in [4.69, 9.17) is 0 Å². The molecule has 1 fully saturated rings. The van der Waals surface area contributed by atoms with Crippen LogP contribution in [0.15, 0.2) is 54.6 Å². The lowest BCUT2D eigenvalue weighted by atomic mass is 10.1. The third-order valence-electron chi connectivity index (χ3n) is 4.82. The molecule has 4 rings (SSSR count). The quantitative estimate of drug-likeness (QED) is 0.788. The minimum Gasteiger partial charge on any atom is -0.341 e. The number of amides is 2. The van der Waals surface area contributed by atoms with Crippen LogP contribution in [0.2, 0.25) is 0 Å². The molecule has 1 aliphatic heterocycles. The zero-order valence-electron chi connectivity index (χ0n) is 14.6. The minimum atomic E-state index is -0.341. The lowest BCUT2D eigenvalue weighted by Gasteiger charge is -2.21. The highest BCUT2D eigenvalue weighted by molar-refractivity contribution is 6.05. The molecular weight excluding hydrogens is 328 g/mol. The molecule has 1 atom stereocenters. The molecule has 3 aromatic rings. The fourth-order valence-electron chi connectivity index (χ4n) is 3.48. The van der Waals surface area contributed by atoms with Crippen molar-refractivity contribution in [2.75, 3.05) is 18.5 Å². The average Bonchev–Trinajstić information content (AvgIpc) is 3.25. The van der Waals surface area contributed by atoms with Gasteiger partial charge in [0.1, 0.15) is 0 Å². The van der Waals surface area contributed by atoms with Gasteiger partial charge < -0.3 is 4.90 Å². The SMILES string of the molecule is CN(Cc1ccccc1)C(=O)[C@H]1CC(=O)N(c2n[nH]c3ccccc23)C1. The Morgan fingerprint density at radius 1 is 1.19 bits per heavy atom. The molecule has 0 unspecified atom stereocenters. The Labute approximate surface area is 151 Å². The predicted molar refractivity (Wildman–Crippen MR) is 99.5 cm³/mol. The van der Waals surface area contributed by atoms with Gasteiger partial charge in [0.15, 0.2) is 5.82 Å². The summed E-state index contributed by atoms with van der Waals surface area (Å²) in [6, 6.07) is 17.5. The molecule has 1 saturated heterocycles. The molecule has 0 bridgehead atoms. The van der Waals surface area contributed by atoms with Gasteiger partial charge in [0.05, 0.1) is 11.4 Å². The lowest BCUT2D eigenvalue weighted by molar-refractivity contribution is -0.135.